The Balaban J connectivity index is 2.13. The van der Waals surface area contributed by atoms with Crippen LogP contribution in [-0.2, 0) is 14.4 Å². The minimum atomic E-state index is -0.944. The summed E-state index contributed by atoms with van der Waals surface area (Å²) in [7, 11) is 0. The first-order valence-electron chi connectivity index (χ1n) is 6.83. The monoisotopic (exact) mass is 268 g/mol. The van der Waals surface area contributed by atoms with Gasteiger partial charge in [-0.05, 0) is 32.1 Å². The van der Waals surface area contributed by atoms with Crippen LogP contribution in [0.1, 0.15) is 39.0 Å². The molecule has 2 aliphatic rings. The number of hydrogen-bond donors (Lipinski definition) is 1. The number of nitrogens with zero attached hydrogens (tertiary/aromatic N) is 2. The second kappa shape index (κ2) is 5.59. The van der Waals surface area contributed by atoms with Crippen molar-refractivity contribution in [2.24, 2.45) is 0 Å². The molecule has 2 saturated heterocycles. The highest BCUT2D eigenvalue weighted by Crippen LogP contribution is 2.24. The highest BCUT2D eigenvalue weighted by Gasteiger charge is 2.40. The molecular formula is C13H20N2O4. The molecule has 6 heteroatoms. The fourth-order valence-corrected chi connectivity index (χ4v) is 3.04. The van der Waals surface area contributed by atoms with Crippen molar-refractivity contribution in [2.75, 3.05) is 13.1 Å². The maximum Gasteiger partial charge on any atom is 0.326 e. The van der Waals surface area contributed by atoms with E-state index in [-0.39, 0.29) is 11.8 Å². The van der Waals surface area contributed by atoms with Gasteiger partial charge >= 0.3 is 5.97 Å². The third-order valence-corrected chi connectivity index (χ3v) is 4.01. The van der Waals surface area contributed by atoms with Gasteiger partial charge in [-0.3, -0.25) is 9.59 Å². The predicted octanol–water partition coefficient (Wildman–Crippen LogP) is 0.463. The van der Waals surface area contributed by atoms with Crippen molar-refractivity contribution < 1.29 is 19.5 Å². The van der Waals surface area contributed by atoms with Crippen LogP contribution >= 0.6 is 0 Å². The molecule has 0 bridgehead atoms. The summed E-state index contributed by atoms with van der Waals surface area (Å²) in [5.74, 6) is -1.25. The molecule has 0 saturated carbocycles. The Morgan fingerprint density at radius 1 is 0.947 bits per heavy atom. The summed E-state index contributed by atoms with van der Waals surface area (Å²) in [5.41, 5.74) is 0. The van der Waals surface area contributed by atoms with Crippen LogP contribution in [0, 0.1) is 0 Å². The lowest BCUT2D eigenvalue weighted by Crippen LogP contribution is -2.54. The number of piperidine rings is 1. The van der Waals surface area contributed by atoms with E-state index in [9.17, 15) is 19.5 Å². The van der Waals surface area contributed by atoms with Crippen molar-refractivity contribution in [1.29, 1.82) is 0 Å². The van der Waals surface area contributed by atoms with E-state index < -0.39 is 18.1 Å². The highest BCUT2D eigenvalue weighted by atomic mass is 16.4. The molecule has 2 aliphatic heterocycles. The normalized spacial score (nSPS) is 27.4. The smallest absolute Gasteiger partial charge is 0.326 e. The molecule has 0 radical (unpaired) electrons. The second-order valence-electron chi connectivity index (χ2n) is 5.25. The fraction of sp³-hybridized carbons (Fsp3) is 0.769. The molecule has 0 aromatic carbocycles. The molecule has 0 spiro atoms. The molecule has 2 heterocycles. The topological polar surface area (TPSA) is 77.9 Å². The molecule has 2 atom stereocenters. The van der Waals surface area contributed by atoms with Crippen molar-refractivity contribution in [2.45, 2.75) is 51.1 Å². The maximum absolute atomic E-state index is 12.5. The first-order chi connectivity index (χ1) is 9.02. The lowest BCUT2D eigenvalue weighted by molar-refractivity contribution is -0.155. The van der Waals surface area contributed by atoms with E-state index in [0.29, 0.717) is 25.9 Å². The van der Waals surface area contributed by atoms with Gasteiger partial charge in [0, 0.05) is 20.0 Å². The summed E-state index contributed by atoms with van der Waals surface area (Å²) in [5, 5.41) is 9.20. The van der Waals surface area contributed by atoms with Gasteiger partial charge in [-0.25, -0.2) is 4.79 Å². The number of amides is 2. The van der Waals surface area contributed by atoms with E-state index in [1.165, 1.54) is 11.8 Å². The van der Waals surface area contributed by atoms with Crippen molar-refractivity contribution in [3.8, 4) is 0 Å². The number of aliphatic carboxylic acids is 1. The van der Waals surface area contributed by atoms with Crippen LogP contribution < -0.4 is 0 Å². The minimum Gasteiger partial charge on any atom is -0.480 e. The van der Waals surface area contributed by atoms with Crippen LogP contribution in [-0.4, -0.2) is 57.9 Å². The molecule has 2 unspecified atom stereocenters. The average Bonchev–Trinajstić information content (AvgIpc) is 2.87. The van der Waals surface area contributed by atoms with Crippen LogP contribution in [0.4, 0.5) is 0 Å². The molecule has 2 amide bonds. The van der Waals surface area contributed by atoms with Crippen LogP contribution in [0.5, 0.6) is 0 Å². The molecule has 106 valence electrons. The Morgan fingerprint density at radius 3 is 2.21 bits per heavy atom. The zero-order valence-corrected chi connectivity index (χ0v) is 11.2. The Bertz CT molecular complexity index is 396. The minimum absolute atomic E-state index is 0.111. The number of rotatable bonds is 2. The Labute approximate surface area is 112 Å². The largest absolute Gasteiger partial charge is 0.480 e. The van der Waals surface area contributed by atoms with Gasteiger partial charge in [-0.1, -0.05) is 0 Å². The van der Waals surface area contributed by atoms with E-state index >= 15 is 0 Å². The second-order valence-corrected chi connectivity index (χ2v) is 5.25. The number of likely N-dealkylation sites (tertiary alicyclic amines) is 2. The highest BCUT2D eigenvalue weighted by molar-refractivity contribution is 5.90. The molecule has 2 rings (SSSR count). The predicted molar refractivity (Wildman–Crippen MR) is 67.4 cm³/mol. The van der Waals surface area contributed by atoms with Crippen LogP contribution in [0.3, 0.4) is 0 Å². The van der Waals surface area contributed by atoms with E-state index in [2.05, 4.69) is 0 Å². The summed E-state index contributed by atoms with van der Waals surface area (Å²) < 4.78 is 0. The Kier molecular flexibility index (Phi) is 4.07. The van der Waals surface area contributed by atoms with E-state index in [1.807, 2.05) is 0 Å². The number of carboxylic acids is 1. The third-order valence-electron chi connectivity index (χ3n) is 4.01. The van der Waals surface area contributed by atoms with Gasteiger partial charge in [-0.15, -0.1) is 0 Å². The molecule has 1 N–H and O–H groups in total. The summed E-state index contributed by atoms with van der Waals surface area (Å²) in [6.45, 7) is 2.53. The molecule has 0 aromatic rings. The van der Waals surface area contributed by atoms with Crippen LogP contribution in [0.25, 0.3) is 0 Å². The van der Waals surface area contributed by atoms with Crippen LogP contribution in [0.2, 0.25) is 0 Å². The standard InChI is InChI=1S/C13H20N2O4/c1-9(16)14-8-4-6-10(14)12(17)15-7-3-2-5-11(15)13(18)19/h10-11H,2-8H2,1H3,(H,18,19). The molecule has 19 heavy (non-hydrogen) atoms. The van der Waals surface area contributed by atoms with Gasteiger partial charge in [0.15, 0.2) is 0 Å². The quantitative estimate of drug-likeness (QED) is 0.789. The summed E-state index contributed by atoms with van der Waals surface area (Å²) in [6, 6.07) is -1.19. The zero-order chi connectivity index (χ0) is 14.0. The molecular weight excluding hydrogens is 248 g/mol. The van der Waals surface area contributed by atoms with Gasteiger partial charge in [-0.2, -0.15) is 0 Å². The Morgan fingerprint density at radius 2 is 1.58 bits per heavy atom. The van der Waals surface area contributed by atoms with Gasteiger partial charge in [0.05, 0.1) is 0 Å². The number of carbonyl (C=O) groups excluding carboxylic acids is 2. The molecule has 0 aromatic heterocycles. The number of carbonyl (C=O) groups is 3. The summed E-state index contributed by atoms with van der Waals surface area (Å²) in [6.07, 6.45) is 3.63. The first-order valence-corrected chi connectivity index (χ1v) is 6.83. The lowest BCUT2D eigenvalue weighted by Gasteiger charge is -2.36. The summed E-state index contributed by atoms with van der Waals surface area (Å²) >= 11 is 0. The van der Waals surface area contributed by atoms with E-state index in [4.69, 9.17) is 0 Å². The van der Waals surface area contributed by atoms with Crippen molar-refractivity contribution in [1.82, 2.24) is 9.80 Å². The number of hydrogen-bond acceptors (Lipinski definition) is 3. The number of carboxylic acid groups (broad SMARTS) is 1. The molecule has 6 nitrogen and oxygen atoms in total. The van der Waals surface area contributed by atoms with Gasteiger partial charge in [0.25, 0.3) is 0 Å². The van der Waals surface area contributed by atoms with Crippen molar-refractivity contribution >= 4 is 17.8 Å². The first kappa shape index (κ1) is 13.8. The Hall–Kier alpha value is -1.59. The van der Waals surface area contributed by atoms with Gasteiger partial charge < -0.3 is 14.9 Å². The maximum atomic E-state index is 12.5. The van der Waals surface area contributed by atoms with Crippen molar-refractivity contribution in [3.05, 3.63) is 0 Å². The summed E-state index contributed by atoms with van der Waals surface area (Å²) in [4.78, 5) is 38.2. The van der Waals surface area contributed by atoms with Crippen molar-refractivity contribution in [3.63, 3.8) is 0 Å². The fourth-order valence-electron chi connectivity index (χ4n) is 3.04. The average molecular weight is 268 g/mol. The molecule has 0 aliphatic carbocycles. The molecule has 2 fully saturated rings. The van der Waals surface area contributed by atoms with Crippen LogP contribution in [0.15, 0.2) is 0 Å². The van der Waals surface area contributed by atoms with Gasteiger partial charge in [0.1, 0.15) is 12.1 Å². The SMILES string of the molecule is CC(=O)N1CCCC1C(=O)N1CCCCC1C(=O)O. The lowest BCUT2D eigenvalue weighted by atomic mass is 10.0. The van der Waals surface area contributed by atoms with Gasteiger partial charge in [0.2, 0.25) is 11.8 Å². The zero-order valence-electron chi connectivity index (χ0n) is 11.2. The van der Waals surface area contributed by atoms with E-state index in [1.54, 1.807) is 4.90 Å². The van der Waals surface area contributed by atoms with E-state index in [0.717, 1.165) is 19.3 Å². The third kappa shape index (κ3) is 2.72.